The number of thiophene rings is 1. The zero-order valence-corrected chi connectivity index (χ0v) is 9.71. The lowest BCUT2D eigenvalue weighted by Crippen LogP contribution is -2.35. The van der Waals surface area contributed by atoms with Crippen LogP contribution >= 0.6 is 11.3 Å². The summed E-state index contributed by atoms with van der Waals surface area (Å²) in [4.78, 5) is 3.82. The molecule has 3 nitrogen and oxygen atoms in total. The smallest absolute Gasteiger partial charge is 0.0593 e. The maximum Gasteiger partial charge on any atom is 0.0593 e. The Hall–Kier alpha value is -0.420. The highest BCUT2D eigenvalue weighted by atomic mass is 32.1. The molecule has 0 amide bonds. The Kier molecular flexibility index (Phi) is 4.14. The molecule has 1 fully saturated rings. The van der Waals surface area contributed by atoms with Crippen LogP contribution in [0.2, 0.25) is 0 Å². The van der Waals surface area contributed by atoms with Crippen molar-refractivity contribution in [3.63, 3.8) is 0 Å². The average molecular weight is 226 g/mol. The van der Waals surface area contributed by atoms with Crippen LogP contribution in [-0.2, 0) is 4.74 Å². The number of nitrogens with two attached hydrogens (primary N) is 1. The Labute approximate surface area is 94.8 Å². The molecule has 0 saturated carbocycles. The third kappa shape index (κ3) is 2.78. The molecule has 1 aliphatic rings. The molecule has 1 aliphatic heterocycles. The monoisotopic (exact) mass is 226 g/mol. The Morgan fingerprint density at radius 2 is 2.40 bits per heavy atom. The van der Waals surface area contributed by atoms with E-state index in [0.717, 1.165) is 32.7 Å². The maximum atomic E-state index is 5.87. The second kappa shape index (κ2) is 5.61. The quantitative estimate of drug-likeness (QED) is 0.848. The molecule has 2 heterocycles. The Morgan fingerprint density at radius 3 is 3.13 bits per heavy atom. The van der Waals surface area contributed by atoms with Crippen molar-refractivity contribution in [2.75, 3.05) is 32.8 Å². The number of hydrogen-bond acceptors (Lipinski definition) is 4. The molecule has 0 radical (unpaired) electrons. The molecule has 4 heteroatoms. The first-order chi connectivity index (χ1) is 7.42. The van der Waals surface area contributed by atoms with E-state index < -0.39 is 0 Å². The minimum Gasteiger partial charge on any atom is -0.380 e. The first-order valence-electron chi connectivity index (χ1n) is 5.47. The van der Waals surface area contributed by atoms with E-state index in [1.165, 1.54) is 4.88 Å². The summed E-state index contributed by atoms with van der Waals surface area (Å²) in [6.07, 6.45) is 1.11. The average Bonchev–Trinajstić information content (AvgIpc) is 2.63. The molecule has 0 aliphatic carbocycles. The molecule has 0 aromatic carbocycles. The highest BCUT2D eigenvalue weighted by molar-refractivity contribution is 7.10. The zero-order chi connectivity index (χ0) is 10.5. The molecule has 2 rings (SSSR count). The van der Waals surface area contributed by atoms with E-state index in [1.54, 1.807) is 11.3 Å². The summed E-state index contributed by atoms with van der Waals surface area (Å²) in [5.74, 6) is 0. The number of ether oxygens (including phenoxy) is 1. The molecule has 15 heavy (non-hydrogen) atoms. The summed E-state index contributed by atoms with van der Waals surface area (Å²) in [6.45, 7) is 4.51. The first kappa shape index (κ1) is 11.1. The molecule has 1 saturated heterocycles. The number of nitrogens with zero attached hydrogens (tertiary/aromatic N) is 1. The summed E-state index contributed by atoms with van der Waals surface area (Å²) in [5.41, 5.74) is 5.87. The van der Waals surface area contributed by atoms with Gasteiger partial charge in [0.1, 0.15) is 0 Å². The molecule has 1 atom stereocenters. The van der Waals surface area contributed by atoms with Crippen molar-refractivity contribution in [1.29, 1.82) is 0 Å². The molecular formula is C11H18N2OS. The summed E-state index contributed by atoms with van der Waals surface area (Å²) >= 11 is 1.79. The largest absolute Gasteiger partial charge is 0.380 e. The van der Waals surface area contributed by atoms with Crippen molar-refractivity contribution in [2.45, 2.75) is 12.5 Å². The standard InChI is InChI=1S/C11H18N2OS/c12-9-10(11-3-1-8-15-11)13-4-2-6-14-7-5-13/h1,3,8,10H,2,4-7,9,12H2. The Balaban J connectivity index is 2.04. The van der Waals surface area contributed by atoms with E-state index in [2.05, 4.69) is 22.4 Å². The lowest BCUT2D eigenvalue weighted by atomic mass is 10.2. The van der Waals surface area contributed by atoms with Crippen molar-refractivity contribution in [3.05, 3.63) is 22.4 Å². The lowest BCUT2D eigenvalue weighted by Gasteiger charge is -2.28. The van der Waals surface area contributed by atoms with Gasteiger partial charge in [-0.25, -0.2) is 0 Å². The molecule has 1 aromatic rings. The van der Waals surface area contributed by atoms with Gasteiger partial charge in [-0.05, 0) is 17.9 Å². The third-order valence-electron chi connectivity index (χ3n) is 2.79. The van der Waals surface area contributed by atoms with Crippen LogP contribution in [-0.4, -0.2) is 37.7 Å². The van der Waals surface area contributed by atoms with Crippen LogP contribution in [0.1, 0.15) is 17.3 Å². The fourth-order valence-corrected chi connectivity index (χ4v) is 2.88. The van der Waals surface area contributed by atoms with Gasteiger partial charge in [0.05, 0.1) is 12.6 Å². The van der Waals surface area contributed by atoms with Crippen LogP contribution in [0.15, 0.2) is 17.5 Å². The van der Waals surface area contributed by atoms with Gasteiger partial charge >= 0.3 is 0 Å². The SMILES string of the molecule is NCC(c1cccs1)N1CCCOCC1. The highest BCUT2D eigenvalue weighted by Gasteiger charge is 2.20. The van der Waals surface area contributed by atoms with Crippen LogP contribution in [0.5, 0.6) is 0 Å². The van der Waals surface area contributed by atoms with Gasteiger partial charge in [-0.3, -0.25) is 4.90 Å². The molecule has 2 N–H and O–H groups in total. The molecule has 1 unspecified atom stereocenters. The molecular weight excluding hydrogens is 208 g/mol. The van der Waals surface area contributed by atoms with Crippen LogP contribution in [0.25, 0.3) is 0 Å². The Morgan fingerprint density at radius 1 is 1.47 bits per heavy atom. The zero-order valence-electron chi connectivity index (χ0n) is 8.89. The van der Waals surface area contributed by atoms with E-state index in [-0.39, 0.29) is 0 Å². The van der Waals surface area contributed by atoms with Crippen LogP contribution in [0, 0.1) is 0 Å². The van der Waals surface area contributed by atoms with E-state index in [9.17, 15) is 0 Å². The molecule has 84 valence electrons. The van der Waals surface area contributed by atoms with Crippen molar-refractivity contribution in [1.82, 2.24) is 4.90 Å². The minimum atomic E-state index is 0.381. The second-order valence-corrected chi connectivity index (χ2v) is 4.75. The van der Waals surface area contributed by atoms with Crippen molar-refractivity contribution in [3.8, 4) is 0 Å². The molecule has 0 bridgehead atoms. The Bertz CT molecular complexity index is 268. The summed E-state index contributed by atoms with van der Waals surface area (Å²) in [6, 6.07) is 4.65. The van der Waals surface area contributed by atoms with Gasteiger partial charge in [0.15, 0.2) is 0 Å². The number of rotatable bonds is 3. The van der Waals surface area contributed by atoms with Gasteiger partial charge in [-0.2, -0.15) is 0 Å². The molecule has 1 aromatic heterocycles. The van der Waals surface area contributed by atoms with Gasteiger partial charge in [0.25, 0.3) is 0 Å². The van der Waals surface area contributed by atoms with Crippen molar-refractivity contribution in [2.24, 2.45) is 5.73 Å². The van der Waals surface area contributed by atoms with Gasteiger partial charge in [-0.1, -0.05) is 6.07 Å². The summed E-state index contributed by atoms with van der Waals surface area (Å²) < 4.78 is 5.46. The van der Waals surface area contributed by atoms with Crippen LogP contribution < -0.4 is 5.73 Å². The summed E-state index contributed by atoms with van der Waals surface area (Å²) in [5, 5.41) is 2.12. The van der Waals surface area contributed by atoms with Gasteiger partial charge in [0, 0.05) is 31.1 Å². The fraction of sp³-hybridized carbons (Fsp3) is 0.636. The van der Waals surface area contributed by atoms with E-state index in [4.69, 9.17) is 10.5 Å². The van der Waals surface area contributed by atoms with E-state index in [0.29, 0.717) is 12.6 Å². The maximum absolute atomic E-state index is 5.87. The normalized spacial score (nSPS) is 21.1. The fourth-order valence-electron chi connectivity index (χ4n) is 2.00. The molecule has 0 spiro atoms. The minimum absolute atomic E-state index is 0.381. The van der Waals surface area contributed by atoms with Crippen molar-refractivity contribution >= 4 is 11.3 Å². The van der Waals surface area contributed by atoms with Gasteiger partial charge in [0.2, 0.25) is 0 Å². The number of hydrogen-bond donors (Lipinski definition) is 1. The van der Waals surface area contributed by atoms with Crippen molar-refractivity contribution < 1.29 is 4.74 Å². The first-order valence-corrected chi connectivity index (χ1v) is 6.35. The lowest BCUT2D eigenvalue weighted by molar-refractivity contribution is 0.133. The van der Waals surface area contributed by atoms with Gasteiger partial charge < -0.3 is 10.5 Å². The van der Waals surface area contributed by atoms with E-state index >= 15 is 0 Å². The predicted octanol–water partition coefficient (Wildman–Crippen LogP) is 1.47. The second-order valence-electron chi connectivity index (χ2n) is 3.77. The van der Waals surface area contributed by atoms with E-state index in [1.807, 2.05) is 0 Å². The predicted molar refractivity (Wildman–Crippen MR) is 63.1 cm³/mol. The summed E-state index contributed by atoms with van der Waals surface area (Å²) in [7, 11) is 0. The van der Waals surface area contributed by atoms with Crippen LogP contribution in [0.3, 0.4) is 0 Å². The third-order valence-corrected chi connectivity index (χ3v) is 3.77. The van der Waals surface area contributed by atoms with Gasteiger partial charge in [-0.15, -0.1) is 11.3 Å². The topological polar surface area (TPSA) is 38.5 Å². The highest BCUT2D eigenvalue weighted by Crippen LogP contribution is 2.24. The van der Waals surface area contributed by atoms with Crippen LogP contribution in [0.4, 0.5) is 0 Å².